The van der Waals surface area contributed by atoms with Crippen LogP contribution in [0.15, 0.2) is 0 Å². The minimum Gasteiger partial charge on any atom is -0.372 e. The Morgan fingerprint density at radius 1 is 1.14 bits per heavy atom. The number of hydrogen-bond donors (Lipinski definition) is 3. The van der Waals surface area contributed by atoms with E-state index in [1.54, 1.807) is 5.32 Å². The Morgan fingerprint density at radius 3 is 2.26 bits per heavy atom. The van der Waals surface area contributed by atoms with Gasteiger partial charge in [-0.1, -0.05) is 13.8 Å². The highest BCUT2D eigenvalue weighted by molar-refractivity contribution is 5.95. The third-order valence-electron chi connectivity index (χ3n) is 9.08. The summed E-state index contributed by atoms with van der Waals surface area (Å²) in [6.07, 6.45) is -8.67. The van der Waals surface area contributed by atoms with E-state index in [0.717, 1.165) is 4.90 Å². The molecule has 2 saturated carbocycles. The molecule has 15 heteroatoms. The van der Waals surface area contributed by atoms with Crippen LogP contribution in [0.25, 0.3) is 0 Å². The number of rotatable bonds is 9. The van der Waals surface area contributed by atoms with Crippen molar-refractivity contribution in [3.63, 3.8) is 0 Å². The quantitative estimate of drug-likeness (QED) is 0.344. The van der Waals surface area contributed by atoms with Gasteiger partial charge in [-0.2, -0.15) is 18.4 Å². The monoisotopic (exact) mass is 605 g/mol. The fourth-order valence-electron chi connectivity index (χ4n) is 6.75. The first kappa shape index (κ1) is 31.9. The predicted molar refractivity (Wildman–Crippen MR) is 135 cm³/mol. The number of alkyl halides is 5. The van der Waals surface area contributed by atoms with Crippen molar-refractivity contribution in [1.29, 1.82) is 5.26 Å². The zero-order valence-electron chi connectivity index (χ0n) is 24.0. The number of nitriles is 1. The number of ether oxygens (including phenoxy) is 1. The Labute approximate surface area is 240 Å². The number of halogens is 5. The molecule has 0 bridgehead atoms. The third kappa shape index (κ3) is 6.33. The van der Waals surface area contributed by atoms with Crippen molar-refractivity contribution >= 4 is 23.6 Å². The second-order valence-electron chi connectivity index (χ2n) is 13.3. The summed E-state index contributed by atoms with van der Waals surface area (Å²) in [7, 11) is 0. The van der Waals surface area contributed by atoms with Crippen molar-refractivity contribution in [2.75, 3.05) is 6.54 Å². The van der Waals surface area contributed by atoms with E-state index in [2.05, 4.69) is 10.6 Å². The molecular formula is C27H36F5N5O5. The summed E-state index contributed by atoms with van der Waals surface area (Å²) in [4.78, 5) is 52.6. The summed E-state index contributed by atoms with van der Waals surface area (Å²) in [6, 6.07) is -2.20. The molecular weight excluding hydrogens is 569 g/mol. The molecule has 0 aromatic rings. The maximum Gasteiger partial charge on any atom is 0.471 e. The smallest absolute Gasteiger partial charge is 0.372 e. The first-order valence-electron chi connectivity index (χ1n) is 13.9. The normalized spacial score (nSPS) is 31.1. The fraction of sp³-hybridized carbons (Fsp3) is 0.815. The molecule has 0 unspecified atom stereocenters. The molecule has 4 aliphatic rings. The summed E-state index contributed by atoms with van der Waals surface area (Å²) in [5.41, 5.74) is -0.865. The van der Waals surface area contributed by atoms with Crippen LogP contribution in [0.3, 0.4) is 0 Å². The lowest BCUT2D eigenvalue weighted by Crippen LogP contribution is -2.61. The standard InChI is InChI=1S/C27H36F5N5O5/c1-12(42-15-8-26(28,29)9-15)18(35-23(41)27(30,31)32)22(40)37-11-16-17(25(16,4)5)19(37)21(39)34-14(10-33)6-13-7-24(2,3)36-20(13)38/h12-19H,6-9,11H2,1-5H3,(H,34,39)(H,35,41)(H,36,38)/t12-,13-,14+,16+,17+,18+,19+/m1/s1. The largest absolute Gasteiger partial charge is 0.471 e. The zero-order chi connectivity index (χ0) is 31.6. The highest BCUT2D eigenvalue weighted by Gasteiger charge is 2.70. The molecule has 4 fully saturated rings. The summed E-state index contributed by atoms with van der Waals surface area (Å²) in [5, 5.41) is 16.8. The minimum atomic E-state index is -5.34. The summed E-state index contributed by atoms with van der Waals surface area (Å²) < 4.78 is 71.6. The number of fused-ring (bicyclic) bond motifs is 1. The molecule has 7 atom stereocenters. The van der Waals surface area contributed by atoms with Crippen molar-refractivity contribution in [3.8, 4) is 6.07 Å². The van der Waals surface area contributed by atoms with E-state index in [1.807, 2.05) is 33.8 Å². The summed E-state index contributed by atoms with van der Waals surface area (Å²) in [5.74, 6) is -8.49. The van der Waals surface area contributed by atoms with Crippen molar-refractivity contribution in [2.24, 2.45) is 23.2 Å². The topological polar surface area (TPSA) is 141 Å². The molecule has 0 aromatic heterocycles. The number of carbonyl (C=O) groups is 4. The summed E-state index contributed by atoms with van der Waals surface area (Å²) in [6.45, 7) is 8.61. The number of likely N-dealkylation sites (tertiary alicyclic amines) is 1. The Morgan fingerprint density at radius 2 is 1.76 bits per heavy atom. The SMILES string of the molecule is C[C@@H](OC1CC(F)(F)C1)[C@H](NC(=O)C(F)(F)F)C(=O)N1C[C@H]2[C@@H]([C@H]1C(=O)N[C@H](C#N)C[C@@H]1CC(C)(C)NC1=O)C2(C)C. The molecule has 10 nitrogen and oxygen atoms in total. The van der Waals surface area contributed by atoms with Gasteiger partial charge in [0, 0.05) is 30.8 Å². The number of nitrogens with one attached hydrogen (secondary N) is 3. The Bertz CT molecular complexity index is 1180. The van der Waals surface area contributed by atoms with Crippen LogP contribution in [0.4, 0.5) is 22.0 Å². The van der Waals surface area contributed by atoms with Crippen LogP contribution in [0.1, 0.15) is 60.3 Å². The van der Waals surface area contributed by atoms with E-state index in [-0.39, 0.29) is 36.1 Å². The van der Waals surface area contributed by atoms with E-state index in [4.69, 9.17) is 4.74 Å². The van der Waals surface area contributed by atoms with Crippen LogP contribution in [-0.2, 0) is 23.9 Å². The molecule has 2 heterocycles. The second-order valence-corrected chi connectivity index (χ2v) is 13.3. The molecule has 2 aliphatic heterocycles. The minimum absolute atomic E-state index is 0.00235. The van der Waals surface area contributed by atoms with Gasteiger partial charge in [0.25, 0.3) is 5.92 Å². The molecule has 4 rings (SSSR count). The van der Waals surface area contributed by atoms with E-state index in [0.29, 0.717) is 6.42 Å². The van der Waals surface area contributed by atoms with E-state index in [1.165, 1.54) is 6.92 Å². The number of nitrogens with zero attached hydrogens (tertiary/aromatic N) is 2. The molecule has 42 heavy (non-hydrogen) atoms. The number of amides is 4. The second kappa shape index (κ2) is 10.6. The maximum absolute atomic E-state index is 13.7. The van der Waals surface area contributed by atoms with Crippen LogP contribution in [0.5, 0.6) is 0 Å². The Kier molecular flexibility index (Phi) is 8.06. The molecule has 0 spiro atoms. The predicted octanol–water partition coefficient (Wildman–Crippen LogP) is 2.03. The highest BCUT2D eigenvalue weighted by Crippen LogP contribution is 2.65. The molecule has 4 amide bonds. The maximum atomic E-state index is 13.7. The first-order chi connectivity index (χ1) is 19.2. The van der Waals surface area contributed by atoms with Crippen molar-refractivity contribution < 1.29 is 45.9 Å². The first-order valence-corrected chi connectivity index (χ1v) is 13.9. The van der Waals surface area contributed by atoms with Crippen molar-refractivity contribution in [3.05, 3.63) is 0 Å². The van der Waals surface area contributed by atoms with Gasteiger partial charge in [0.1, 0.15) is 18.1 Å². The van der Waals surface area contributed by atoms with Gasteiger partial charge in [-0.3, -0.25) is 19.2 Å². The van der Waals surface area contributed by atoms with Gasteiger partial charge in [0.2, 0.25) is 17.7 Å². The summed E-state index contributed by atoms with van der Waals surface area (Å²) >= 11 is 0. The van der Waals surface area contributed by atoms with Gasteiger partial charge in [-0.15, -0.1) is 0 Å². The zero-order valence-corrected chi connectivity index (χ0v) is 24.0. The average molecular weight is 606 g/mol. The Balaban J connectivity index is 1.52. The molecule has 234 valence electrons. The lowest BCUT2D eigenvalue weighted by atomic mass is 9.90. The number of piperidine rings is 1. The lowest BCUT2D eigenvalue weighted by Gasteiger charge is -2.39. The van der Waals surface area contributed by atoms with Crippen LogP contribution >= 0.6 is 0 Å². The van der Waals surface area contributed by atoms with Crippen molar-refractivity contribution in [1.82, 2.24) is 20.9 Å². The van der Waals surface area contributed by atoms with Gasteiger partial charge in [-0.05, 0) is 50.9 Å². The highest BCUT2D eigenvalue weighted by atomic mass is 19.4. The van der Waals surface area contributed by atoms with E-state index in [9.17, 15) is 46.4 Å². The van der Waals surface area contributed by atoms with Crippen LogP contribution < -0.4 is 16.0 Å². The molecule has 2 saturated heterocycles. The van der Waals surface area contributed by atoms with Crippen LogP contribution in [0.2, 0.25) is 0 Å². The van der Waals surface area contributed by atoms with Crippen molar-refractivity contribution in [2.45, 2.75) is 108 Å². The van der Waals surface area contributed by atoms with Gasteiger partial charge < -0.3 is 25.6 Å². The molecule has 0 aromatic carbocycles. The number of hydrogen-bond acceptors (Lipinski definition) is 6. The Hall–Kier alpha value is -3.02. The van der Waals surface area contributed by atoms with E-state index < -0.39 is 84.5 Å². The molecule has 3 N–H and O–H groups in total. The average Bonchev–Trinajstić information content (AvgIpc) is 3.11. The van der Waals surface area contributed by atoms with Crippen LogP contribution in [-0.4, -0.2) is 83.0 Å². The van der Waals surface area contributed by atoms with Gasteiger partial charge in [0.15, 0.2) is 0 Å². The fourth-order valence-corrected chi connectivity index (χ4v) is 6.75. The molecule has 0 radical (unpaired) electrons. The number of carbonyl (C=O) groups excluding carboxylic acids is 4. The van der Waals surface area contributed by atoms with Gasteiger partial charge in [-0.25, -0.2) is 8.78 Å². The van der Waals surface area contributed by atoms with Gasteiger partial charge >= 0.3 is 12.1 Å². The van der Waals surface area contributed by atoms with Gasteiger partial charge in [0.05, 0.1) is 18.3 Å². The molecule has 2 aliphatic carbocycles. The third-order valence-corrected chi connectivity index (χ3v) is 9.08. The van der Waals surface area contributed by atoms with E-state index >= 15 is 0 Å². The van der Waals surface area contributed by atoms with Crippen LogP contribution in [0, 0.1) is 34.5 Å². The lowest BCUT2D eigenvalue weighted by molar-refractivity contribution is -0.190.